The standard InChI is InChI=1S/C21H32N2O2/c1-19-10-12-11-22-23-17(12)9-16(19)18(24)8-13-14(19)4-6-20(2)15(13)5-7-21(20,3)25/h11,13-16,18,24-25H,4-10H2,1-3H3,(H,22,23)/t13-,14+,15+,16-,18+,19-,20+,21+/m1/s1. The number of aromatic amines is 1. The second kappa shape index (κ2) is 4.89. The second-order valence-corrected chi connectivity index (χ2v) is 10.3. The molecular weight excluding hydrogens is 312 g/mol. The Morgan fingerprint density at radius 1 is 1.12 bits per heavy atom. The molecule has 8 atom stereocenters. The van der Waals surface area contributed by atoms with Crippen molar-refractivity contribution in [2.75, 3.05) is 0 Å². The van der Waals surface area contributed by atoms with Crippen molar-refractivity contribution < 1.29 is 10.2 Å². The number of H-pyrrole nitrogens is 1. The highest BCUT2D eigenvalue weighted by Crippen LogP contribution is 2.67. The molecule has 4 aliphatic rings. The number of hydrogen-bond acceptors (Lipinski definition) is 3. The highest BCUT2D eigenvalue weighted by atomic mass is 16.3. The van der Waals surface area contributed by atoms with E-state index in [1.54, 1.807) is 0 Å². The molecule has 0 bridgehead atoms. The fourth-order valence-corrected chi connectivity index (χ4v) is 7.76. The van der Waals surface area contributed by atoms with Crippen molar-refractivity contribution in [3.05, 3.63) is 17.5 Å². The molecule has 0 unspecified atom stereocenters. The first-order chi connectivity index (χ1) is 11.8. The number of rotatable bonds is 0. The van der Waals surface area contributed by atoms with Crippen LogP contribution in [0.2, 0.25) is 0 Å². The van der Waals surface area contributed by atoms with Crippen molar-refractivity contribution >= 4 is 0 Å². The van der Waals surface area contributed by atoms with E-state index in [1.165, 1.54) is 17.7 Å². The number of fused-ring (bicyclic) bond motifs is 6. The molecule has 0 spiro atoms. The van der Waals surface area contributed by atoms with E-state index >= 15 is 0 Å². The number of hydrogen-bond donors (Lipinski definition) is 3. The number of aliphatic hydroxyl groups excluding tert-OH is 1. The Hall–Kier alpha value is -0.870. The van der Waals surface area contributed by atoms with Crippen LogP contribution in [-0.4, -0.2) is 32.1 Å². The molecule has 0 aliphatic heterocycles. The van der Waals surface area contributed by atoms with Crippen LogP contribution in [0.4, 0.5) is 0 Å². The fraction of sp³-hybridized carbons (Fsp3) is 0.857. The molecule has 3 saturated carbocycles. The monoisotopic (exact) mass is 344 g/mol. The highest BCUT2D eigenvalue weighted by Gasteiger charge is 2.64. The van der Waals surface area contributed by atoms with Crippen molar-refractivity contribution in [2.24, 2.45) is 34.5 Å². The summed E-state index contributed by atoms with van der Waals surface area (Å²) in [6.07, 6.45) is 9.04. The van der Waals surface area contributed by atoms with Gasteiger partial charge in [-0.1, -0.05) is 13.8 Å². The third-order valence-electron chi connectivity index (χ3n) is 9.47. The van der Waals surface area contributed by atoms with Crippen molar-refractivity contribution in [3.8, 4) is 0 Å². The van der Waals surface area contributed by atoms with Gasteiger partial charge < -0.3 is 10.2 Å². The second-order valence-electron chi connectivity index (χ2n) is 10.3. The molecule has 4 nitrogen and oxygen atoms in total. The van der Waals surface area contributed by atoms with E-state index < -0.39 is 5.60 Å². The summed E-state index contributed by atoms with van der Waals surface area (Å²) in [7, 11) is 0. The van der Waals surface area contributed by atoms with Crippen LogP contribution >= 0.6 is 0 Å². The van der Waals surface area contributed by atoms with Crippen LogP contribution in [0.3, 0.4) is 0 Å². The fourth-order valence-electron chi connectivity index (χ4n) is 7.76. The maximum atomic E-state index is 11.1. The molecule has 0 amide bonds. The van der Waals surface area contributed by atoms with Crippen molar-refractivity contribution in [3.63, 3.8) is 0 Å². The molecule has 5 rings (SSSR count). The van der Waals surface area contributed by atoms with Gasteiger partial charge in [0.2, 0.25) is 0 Å². The minimum absolute atomic E-state index is 0.0204. The van der Waals surface area contributed by atoms with E-state index in [4.69, 9.17) is 0 Å². The molecule has 138 valence electrons. The normalized spacial score (nSPS) is 54.4. The summed E-state index contributed by atoms with van der Waals surface area (Å²) in [5.74, 6) is 2.11. The average Bonchev–Trinajstić information content (AvgIpc) is 3.08. The lowest BCUT2D eigenvalue weighted by molar-refractivity contribution is -0.167. The number of nitrogens with zero attached hydrogens (tertiary/aromatic N) is 1. The van der Waals surface area contributed by atoms with Crippen LogP contribution in [0.1, 0.15) is 64.1 Å². The lowest BCUT2D eigenvalue weighted by Gasteiger charge is -2.61. The quantitative estimate of drug-likeness (QED) is 0.677. The summed E-state index contributed by atoms with van der Waals surface area (Å²) in [6.45, 7) is 6.80. The van der Waals surface area contributed by atoms with Crippen LogP contribution in [0.25, 0.3) is 0 Å². The molecular formula is C21H32N2O2. The molecule has 0 saturated heterocycles. The average molecular weight is 344 g/mol. The molecule has 3 fully saturated rings. The summed E-state index contributed by atoms with van der Waals surface area (Å²) in [5.41, 5.74) is 2.24. The van der Waals surface area contributed by atoms with E-state index in [2.05, 4.69) is 31.0 Å². The topological polar surface area (TPSA) is 69.1 Å². The van der Waals surface area contributed by atoms with Crippen molar-refractivity contribution in [2.45, 2.75) is 77.4 Å². The summed E-state index contributed by atoms with van der Waals surface area (Å²) in [5, 5.41) is 29.6. The maximum absolute atomic E-state index is 11.1. The number of nitrogens with one attached hydrogen (secondary N) is 1. The molecule has 0 aromatic carbocycles. The van der Waals surface area contributed by atoms with Gasteiger partial charge in [-0.3, -0.25) is 5.10 Å². The van der Waals surface area contributed by atoms with E-state index in [0.717, 1.165) is 38.5 Å². The maximum Gasteiger partial charge on any atom is 0.0675 e. The summed E-state index contributed by atoms with van der Waals surface area (Å²) in [6, 6.07) is 0. The van der Waals surface area contributed by atoms with Gasteiger partial charge in [0.05, 0.1) is 17.9 Å². The smallest absolute Gasteiger partial charge is 0.0675 e. The van der Waals surface area contributed by atoms with Gasteiger partial charge in [-0.2, -0.15) is 5.10 Å². The van der Waals surface area contributed by atoms with Crippen LogP contribution < -0.4 is 0 Å². The first kappa shape index (κ1) is 16.3. The van der Waals surface area contributed by atoms with Gasteiger partial charge in [0.15, 0.2) is 0 Å². The Balaban J connectivity index is 1.54. The van der Waals surface area contributed by atoms with Gasteiger partial charge in [0, 0.05) is 5.69 Å². The Bertz CT molecular complexity index is 698. The lowest BCUT2D eigenvalue weighted by Crippen LogP contribution is -2.59. The Labute approximate surface area is 150 Å². The van der Waals surface area contributed by atoms with Gasteiger partial charge in [-0.15, -0.1) is 0 Å². The van der Waals surface area contributed by atoms with Gasteiger partial charge in [0.25, 0.3) is 0 Å². The van der Waals surface area contributed by atoms with E-state index in [9.17, 15) is 10.2 Å². The molecule has 4 heteroatoms. The zero-order valence-electron chi connectivity index (χ0n) is 15.8. The van der Waals surface area contributed by atoms with Gasteiger partial charge in [0.1, 0.15) is 0 Å². The van der Waals surface area contributed by atoms with Gasteiger partial charge in [-0.25, -0.2) is 0 Å². The van der Waals surface area contributed by atoms with Crippen LogP contribution in [0.15, 0.2) is 6.20 Å². The number of aromatic nitrogens is 2. The zero-order chi connectivity index (χ0) is 17.6. The first-order valence-electron chi connectivity index (χ1n) is 10.2. The van der Waals surface area contributed by atoms with Crippen molar-refractivity contribution in [1.82, 2.24) is 10.2 Å². The minimum atomic E-state index is -0.546. The van der Waals surface area contributed by atoms with E-state index in [0.29, 0.717) is 23.7 Å². The van der Waals surface area contributed by atoms with Gasteiger partial charge in [-0.05, 0) is 91.9 Å². The molecule has 1 aromatic rings. The third-order valence-corrected chi connectivity index (χ3v) is 9.47. The molecule has 1 aromatic heterocycles. The lowest BCUT2D eigenvalue weighted by atomic mass is 9.44. The SMILES string of the molecule is C[C@]12Cc3cn[nH]c3C[C@@H]1[C@@H](O)C[C@@H]1[C@@H]2CC[C@@]2(C)[C@H]1CC[C@]2(C)O. The van der Waals surface area contributed by atoms with Crippen LogP contribution in [0, 0.1) is 34.5 Å². The largest absolute Gasteiger partial charge is 0.393 e. The highest BCUT2D eigenvalue weighted by molar-refractivity contribution is 5.27. The minimum Gasteiger partial charge on any atom is -0.393 e. The molecule has 4 aliphatic carbocycles. The zero-order valence-corrected chi connectivity index (χ0v) is 15.8. The van der Waals surface area contributed by atoms with Crippen LogP contribution in [-0.2, 0) is 12.8 Å². The predicted octanol–water partition coefficient (Wildman–Crippen LogP) is 3.09. The van der Waals surface area contributed by atoms with Gasteiger partial charge >= 0.3 is 0 Å². The predicted molar refractivity (Wildman–Crippen MR) is 95.9 cm³/mol. The number of aliphatic hydroxyl groups is 2. The molecule has 0 radical (unpaired) electrons. The molecule has 3 N–H and O–H groups in total. The summed E-state index contributed by atoms with van der Waals surface area (Å²) in [4.78, 5) is 0. The van der Waals surface area contributed by atoms with Crippen molar-refractivity contribution in [1.29, 1.82) is 0 Å². The summed E-state index contributed by atoms with van der Waals surface area (Å²) < 4.78 is 0. The Morgan fingerprint density at radius 3 is 2.68 bits per heavy atom. The van der Waals surface area contributed by atoms with E-state index in [-0.39, 0.29) is 16.9 Å². The Morgan fingerprint density at radius 2 is 1.88 bits per heavy atom. The van der Waals surface area contributed by atoms with Crippen LogP contribution in [0.5, 0.6) is 0 Å². The summed E-state index contributed by atoms with van der Waals surface area (Å²) >= 11 is 0. The first-order valence-corrected chi connectivity index (χ1v) is 10.2. The molecule has 25 heavy (non-hydrogen) atoms. The van der Waals surface area contributed by atoms with E-state index in [1.807, 2.05) is 6.20 Å². The Kier molecular flexibility index (Phi) is 3.19. The third kappa shape index (κ3) is 1.93. The molecule has 1 heterocycles.